The molecule has 0 atom stereocenters. The number of aldehydes is 1. The monoisotopic (exact) mass is 92.1 g/mol. The van der Waals surface area contributed by atoms with Crippen LogP contribution in [0.2, 0.25) is 0 Å². The highest BCUT2D eigenvalue weighted by Gasteiger charge is 1.52. The van der Waals surface area contributed by atoms with Crippen LogP contribution in [0, 0.1) is 0 Å². The van der Waals surface area contributed by atoms with Gasteiger partial charge in [0.05, 0.1) is 0 Å². The van der Waals surface area contributed by atoms with Crippen LogP contribution in [0.25, 0.3) is 0 Å². The molecule has 0 fully saturated rings. The molecule has 0 aliphatic rings. The van der Waals surface area contributed by atoms with Crippen LogP contribution in [0.1, 0.15) is 13.3 Å². The molecule has 0 aromatic rings. The Labute approximate surface area is 37.9 Å². The molecule has 0 aliphatic carbocycles. The fourth-order valence-electron chi connectivity index (χ4n) is 0. The third-order valence-electron chi connectivity index (χ3n) is 0.167. The van der Waals surface area contributed by atoms with E-state index < -0.39 is 0 Å². The smallest absolute Gasteiger partial charge is 0.119 e. The summed E-state index contributed by atoms with van der Waals surface area (Å²) in [5.41, 5.74) is 0. The second-order valence-electron chi connectivity index (χ2n) is 0.575. The first-order valence-corrected chi connectivity index (χ1v) is 1.35. The minimum absolute atomic E-state index is 0. The van der Waals surface area contributed by atoms with Crippen molar-refractivity contribution in [3.63, 3.8) is 0 Å². The van der Waals surface area contributed by atoms with Gasteiger partial charge in [0, 0.05) is 6.42 Å². The topological polar surface area (TPSA) is 87.1 Å². The van der Waals surface area contributed by atoms with E-state index in [2.05, 4.69) is 0 Å². The van der Waals surface area contributed by atoms with Gasteiger partial charge in [0.15, 0.2) is 0 Å². The van der Waals surface area contributed by atoms with Crippen LogP contribution in [-0.2, 0) is 4.79 Å². The zero-order valence-electron chi connectivity index (χ0n) is 4.11. The van der Waals surface area contributed by atoms with Gasteiger partial charge in [-0.3, -0.25) is 0 Å². The molecule has 6 N–H and O–H groups in total. The van der Waals surface area contributed by atoms with Gasteiger partial charge in [-0.1, -0.05) is 6.92 Å². The van der Waals surface area contributed by atoms with Gasteiger partial charge in [-0.15, -0.1) is 0 Å². The molecule has 0 aliphatic heterocycles. The van der Waals surface area contributed by atoms with Crippen molar-refractivity contribution in [2.24, 2.45) is 0 Å². The predicted molar refractivity (Wildman–Crippen MR) is 26.4 cm³/mol. The van der Waals surface area contributed by atoms with Crippen molar-refractivity contribution in [1.29, 1.82) is 0 Å². The normalized spacial score (nSPS) is 4.17. The summed E-state index contributed by atoms with van der Waals surface area (Å²) in [7, 11) is 0. The summed E-state index contributed by atoms with van der Waals surface area (Å²) in [5, 5.41) is 0. The quantitative estimate of drug-likeness (QED) is 0.471. The molecule has 3 heteroatoms. The van der Waals surface area contributed by atoms with E-state index in [-0.39, 0.29) is 12.3 Å². The van der Waals surface area contributed by atoms with Gasteiger partial charge >= 0.3 is 0 Å². The first-order chi connectivity index (χ1) is 1.91. The molecule has 0 radical (unpaired) electrons. The Hall–Kier alpha value is -0.410. The van der Waals surface area contributed by atoms with E-state index in [9.17, 15) is 4.79 Å². The van der Waals surface area contributed by atoms with Gasteiger partial charge in [0.25, 0.3) is 0 Å². The number of hydrogen-bond donors (Lipinski definition) is 2. The van der Waals surface area contributed by atoms with Crippen molar-refractivity contribution in [2.75, 3.05) is 0 Å². The van der Waals surface area contributed by atoms with E-state index in [0.29, 0.717) is 6.42 Å². The zero-order chi connectivity index (χ0) is 3.41. The molecule has 0 bridgehead atoms. The molecule has 0 saturated carbocycles. The number of hydrogen-bond acceptors (Lipinski definition) is 3. The Morgan fingerprint density at radius 1 is 1.50 bits per heavy atom. The van der Waals surface area contributed by atoms with Crippen molar-refractivity contribution < 1.29 is 4.79 Å². The van der Waals surface area contributed by atoms with Gasteiger partial charge < -0.3 is 17.1 Å². The third-order valence-corrected chi connectivity index (χ3v) is 0.167. The van der Waals surface area contributed by atoms with Gasteiger partial charge in [-0.25, -0.2) is 0 Å². The Morgan fingerprint density at radius 3 is 1.67 bits per heavy atom. The molecular formula is C3H12N2O. The summed E-state index contributed by atoms with van der Waals surface area (Å²) >= 11 is 0. The van der Waals surface area contributed by atoms with E-state index in [1.165, 1.54) is 0 Å². The van der Waals surface area contributed by atoms with E-state index in [1.54, 1.807) is 0 Å². The average molecular weight is 92.1 g/mol. The molecule has 6 heavy (non-hydrogen) atoms. The maximum absolute atomic E-state index is 9.17. The maximum atomic E-state index is 9.17. The summed E-state index contributed by atoms with van der Waals surface area (Å²) in [5.74, 6) is 0. The summed E-state index contributed by atoms with van der Waals surface area (Å²) in [6.07, 6.45) is 1.51. The average Bonchev–Trinajstić information content (AvgIpc) is 1.37. The number of carbonyl (C=O) groups is 1. The summed E-state index contributed by atoms with van der Waals surface area (Å²) in [4.78, 5) is 9.17. The van der Waals surface area contributed by atoms with Crippen LogP contribution < -0.4 is 12.3 Å². The van der Waals surface area contributed by atoms with Crippen LogP contribution in [0.15, 0.2) is 0 Å². The molecule has 0 spiro atoms. The van der Waals surface area contributed by atoms with Crippen LogP contribution in [0.5, 0.6) is 0 Å². The lowest BCUT2D eigenvalue weighted by Crippen LogP contribution is -1.55. The number of carbonyl (C=O) groups excluding carboxylic acids is 1. The highest BCUT2D eigenvalue weighted by atomic mass is 16.1. The molecule has 0 saturated heterocycles. The van der Waals surface area contributed by atoms with Crippen molar-refractivity contribution >= 4 is 6.29 Å². The van der Waals surface area contributed by atoms with E-state index in [1.807, 2.05) is 6.92 Å². The van der Waals surface area contributed by atoms with Crippen LogP contribution in [0.3, 0.4) is 0 Å². The maximum Gasteiger partial charge on any atom is 0.119 e. The third kappa shape index (κ3) is 69.2. The van der Waals surface area contributed by atoms with Crippen molar-refractivity contribution in [3.8, 4) is 0 Å². The molecule has 0 aromatic carbocycles. The molecule has 0 amide bonds. The van der Waals surface area contributed by atoms with Crippen molar-refractivity contribution in [2.45, 2.75) is 13.3 Å². The first kappa shape index (κ1) is 17.6. The van der Waals surface area contributed by atoms with Crippen LogP contribution >= 0.6 is 0 Å². The van der Waals surface area contributed by atoms with Gasteiger partial charge in [0.1, 0.15) is 6.29 Å². The molecule has 0 aromatic heterocycles. The van der Waals surface area contributed by atoms with Gasteiger partial charge in [-0.05, 0) is 0 Å². The molecule has 3 nitrogen and oxygen atoms in total. The second kappa shape index (κ2) is 23.4. The molecular weight excluding hydrogens is 80.0 g/mol. The highest BCUT2D eigenvalue weighted by Crippen LogP contribution is 1.53. The second-order valence-corrected chi connectivity index (χ2v) is 0.575. The predicted octanol–water partition coefficient (Wildman–Crippen LogP) is 0.919. The van der Waals surface area contributed by atoms with Crippen LogP contribution in [0.4, 0.5) is 0 Å². The highest BCUT2D eigenvalue weighted by molar-refractivity contribution is 5.48. The molecule has 40 valence electrons. The summed E-state index contributed by atoms with van der Waals surface area (Å²) in [6, 6.07) is 0. The Kier molecular flexibility index (Phi) is 68.5. The Morgan fingerprint density at radius 2 is 1.67 bits per heavy atom. The van der Waals surface area contributed by atoms with Crippen molar-refractivity contribution in [3.05, 3.63) is 0 Å². The zero-order valence-corrected chi connectivity index (χ0v) is 4.11. The molecule has 0 heterocycles. The lowest BCUT2D eigenvalue weighted by Gasteiger charge is -1.51. The Bertz CT molecular complexity index is 22.8. The fraction of sp³-hybridized carbons (Fsp3) is 0.667. The largest absolute Gasteiger partial charge is 0.344 e. The lowest BCUT2D eigenvalue weighted by molar-refractivity contribution is -0.107. The van der Waals surface area contributed by atoms with Crippen LogP contribution in [-0.4, -0.2) is 6.29 Å². The fourth-order valence-corrected chi connectivity index (χ4v) is 0. The van der Waals surface area contributed by atoms with E-state index in [4.69, 9.17) is 0 Å². The molecule has 0 rings (SSSR count). The van der Waals surface area contributed by atoms with Gasteiger partial charge in [0.2, 0.25) is 0 Å². The van der Waals surface area contributed by atoms with E-state index >= 15 is 0 Å². The SMILES string of the molecule is CCC=O.N.N. The van der Waals surface area contributed by atoms with Crippen molar-refractivity contribution in [1.82, 2.24) is 12.3 Å². The molecule has 0 unspecified atom stereocenters. The summed E-state index contributed by atoms with van der Waals surface area (Å²) < 4.78 is 0. The lowest BCUT2D eigenvalue weighted by atomic mass is 10.6. The number of rotatable bonds is 1. The summed E-state index contributed by atoms with van der Waals surface area (Å²) in [6.45, 7) is 1.81. The minimum Gasteiger partial charge on any atom is -0.344 e. The first-order valence-electron chi connectivity index (χ1n) is 1.35. The standard InChI is InChI=1S/C3H6O.2H3N/c1-2-3-4;;/h3H,2H2,1H3;2*1H3. The van der Waals surface area contributed by atoms with E-state index in [0.717, 1.165) is 6.29 Å². The Balaban J connectivity index is -0.0000000450. The van der Waals surface area contributed by atoms with Gasteiger partial charge in [-0.2, -0.15) is 0 Å². The minimum atomic E-state index is 0.